The van der Waals surface area contributed by atoms with Gasteiger partial charge in [0, 0.05) is 9.13 Å². The molecular weight excluding hydrogens is 392 g/mol. The van der Waals surface area contributed by atoms with Crippen LogP contribution in [0.25, 0.3) is 0 Å². The van der Waals surface area contributed by atoms with Crippen LogP contribution >= 0.6 is 56.8 Å². The van der Waals surface area contributed by atoms with Gasteiger partial charge in [-0.2, -0.15) is 0 Å². The first-order chi connectivity index (χ1) is 5.15. The molecule has 0 saturated heterocycles. The average Bonchev–Trinajstić information content (AvgIpc) is 1.96. The lowest BCUT2D eigenvalue weighted by molar-refractivity contribution is 0.609. The van der Waals surface area contributed by atoms with Gasteiger partial charge in [0.2, 0.25) is 0 Å². The molecule has 1 aromatic carbocycles. The van der Waals surface area contributed by atoms with Crippen molar-refractivity contribution in [2.45, 2.75) is 5.88 Å². The van der Waals surface area contributed by atoms with Gasteiger partial charge in [0.25, 0.3) is 0 Å². The van der Waals surface area contributed by atoms with Gasteiger partial charge in [-0.1, -0.05) is 0 Å². The lowest BCUT2D eigenvalue weighted by atomic mass is 10.2. The van der Waals surface area contributed by atoms with Crippen molar-refractivity contribution in [2.24, 2.45) is 0 Å². The Labute approximate surface area is 96.8 Å². The van der Waals surface area contributed by atoms with Crippen LogP contribution in [0.5, 0.6) is 0 Å². The number of hydrogen-bond donors (Lipinski definition) is 0. The molecule has 0 atom stereocenters. The SMILES string of the molecule is Fc1c(I)cc(I)cc1CCl. The molecule has 0 aliphatic rings. The van der Waals surface area contributed by atoms with Crippen LogP contribution in [0.3, 0.4) is 0 Å². The van der Waals surface area contributed by atoms with Gasteiger partial charge in [-0.15, -0.1) is 11.6 Å². The van der Waals surface area contributed by atoms with Crippen LogP contribution in [0.15, 0.2) is 12.1 Å². The summed E-state index contributed by atoms with van der Waals surface area (Å²) in [7, 11) is 0. The van der Waals surface area contributed by atoms with E-state index in [0.29, 0.717) is 9.13 Å². The van der Waals surface area contributed by atoms with Gasteiger partial charge in [-0.3, -0.25) is 0 Å². The van der Waals surface area contributed by atoms with Crippen molar-refractivity contribution < 1.29 is 4.39 Å². The highest BCUT2D eigenvalue weighted by molar-refractivity contribution is 14.1. The molecule has 0 radical (unpaired) electrons. The second kappa shape index (κ2) is 4.23. The number of rotatable bonds is 1. The van der Waals surface area contributed by atoms with Gasteiger partial charge in [0.1, 0.15) is 5.82 Å². The zero-order valence-corrected chi connectivity index (χ0v) is 10.4. The van der Waals surface area contributed by atoms with Crippen molar-refractivity contribution >= 4 is 56.8 Å². The normalized spacial score (nSPS) is 10.2. The van der Waals surface area contributed by atoms with Crippen molar-refractivity contribution in [1.82, 2.24) is 0 Å². The first-order valence-corrected chi connectivity index (χ1v) is 5.53. The van der Waals surface area contributed by atoms with E-state index in [1.165, 1.54) is 0 Å². The van der Waals surface area contributed by atoms with E-state index >= 15 is 0 Å². The maximum Gasteiger partial charge on any atom is 0.140 e. The zero-order valence-electron chi connectivity index (χ0n) is 5.37. The Balaban J connectivity index is 3.24. The van der Waals surface area contributed by atoms with E-state index in [4.69, 9.17) is 11.6 Å². The second-order valence-electron chi connectivity index (χ2n) is 1.99. The highest BCUT2D eigenvalue weighted by Crippen LogP contribution is 2.20. The Bertz CT molecular complexity index is 275. The molecule has 11 heavy (non-hydrogen) atoms. The maximum atomic E-state index is 13.1. The van der Waals surface area contributed by atoms with Crippen molar-refractivity contribution in [3.8, 4) is 0 Å². The van der Waals surface area contributed by atoms with Crippen molar-refractivity contribution in [2.75, 3.05) is 0 Å². The molecule has 0 saturated carbocycles. The summed E-state index contributed by atoms with van der Waals surface area (Å²) in [6.45, 7) is 0. The van der Waals surface area contributed by atoms with Crippen LogP contribution in [0.1, 0.15) is 5.56 Å². The first-order valence-electron chi connectivity index (χ1n) is 2.84. The van der Waals surface area contributed by atoms with Crippen LogP contribution < -0.4 is 0 Å². The molecule has 0 bridgehead atoms. The van der Waals surface area contributed by atoms with Gasteiger partial charge in [0.15, 0.2) is 0 Å². The molecule has 0 aliphatic carbocycles. The molecule has 0 N–H and O–H groups in total. The Hall–Kier alpha value is 0.900. The Morgan fingerprint density at radius 3 is 2.55 bits per heavy atom. The molecule has 60 valence electrons. The molecule has 0 nitrogen and oxygen atoms in total. The Morgan fingerprint density at radius 1 is 1.36 bits per heavy atom. The molecule has 0 aliphatic heterocycles. The number of benzene rings is 1. The summed E-state index contributed by atoms with van der Waals surface area (Å²) in [6, 6.07) is 3.54. The van der Waals surface area contributed by atoms with Crippen LogP contribution in [0.2, 0.25) is 0 Å². The third-order valence-electron chi connectivity index (χ3n) is 1.21. The van der Waals surface area contributed by atoms with Gasteiger partial charge in [0.05, 0.1) is 9.45 Å². The van der Waals surface area contributed by atoms with Gasteiger partial charge in [-0.25, -0.2) is 4.39 Å². The smallest absolute Gasteiger partial charge is 0.140 e. The van der Waals surface area contributed by atoms with Gasteiger partial charge in [-0.05, 0) is 57.3 Å². The molecular formula is C7H4ClFI2. The number of alkyl halides is 1. The van der Waals surface area contributed by atoms with Crippen molar-refractivity contribution in [3.05, 3.63) is 30.7 Å². The zero-order chi connectivity index (χ0) is 8.43. The molecule has 1 rings (SSSR count). The molecule has 0 unspecified atom stereocenters. The summed E-state index contributed by atoms with van der Waals surface area (Å²) < 4.78 is 14.7. The third kappa shape index (κ3) is 2.42. The number of halogens is 4. The summed E-state index contributed by atoms with van der Waals surface area (Å²) in [5, 5.41) is 0. The van der Waals surface area contributed by atoms with E-state index in [9.17, 15) is 4.39 Å². The summed E-state index contributed by atoms with van der Waals surface area (Å²) >= 11 is 9.63. The summed E-state index contributed by atoms with van der Waals surface area (Å²) in [6.07, 6.45) is 0. The highest BCUT2D eigenvalue weighted by Gasteiger charge is 2.05. The maximum absolute atomic E-state index is 13.1. The van der Waals surface area contributed by atoms with E-state index in [0.717, 1.165) is 3.57 Å². The Kier molecular flexibility index (Phi) is 3.84. The molecule has 0 aromatic heterocycles. The van der Waals surface area contributed by atoms with E-state index in [-0.39, 0.29) is 11.7 Å². The van der Waals surface area contributed by atoms with Crippen molar-refractivity contribution in [1.29, 1.82) is 0 Å². The van der Waals surface area contributed by atoms with Gasteiger partial charge < -0.3 is 0 Å². The van der Waals surface area contributed by atoms with Crippen molar-refractivity contribution in [3.63, 3.8) is 0 Å². The minimum Gasteiger partial charge on any atom is -0.205 e. The monoisotopic (exact) mass is 396 g/mol. The van der Waals surface area contributed by atoms with Gasteiger partial charge >= 0.3 is 0 Å². The van der Waals surface area contributed by atoms with Crippen LogP contribution in [-0.4, -0.2) is 0 Å². The predicted molar refractivity (Wildman–Crippen MR) is 61.4 cm³/mol. The molecule has 0 fully saturated rings. The summed E-state index contributed by atoms with van der Waals surface area (Å²) in [5.74, 6) is 0.0413. The molecule has 0 spiro atoms. The fourth-order valence-corrected chi connectivity index (χ4v) is 2.87. The topological polar surface area (TPSA) is 0 Å². The molecule has 4 heteroatoms. The third-order valence-corrected chi connectivity index (χ3v) is 2.91. The Morgan fingerprint density at radius 2 is 2.00 bits per heavy atom. The van der Waals surface area contributed by atoms with Crippen LogP contribution in [-0.2, 0) is 5.88 Å². The average molecular weight is 396 g/mol. The summed E-state index contributed by atoms with van der Waals surface area (Å²) in [5.41, 5.74) is 0.572. The van der Waals surface area contributed by atoms with E-state index < -0.39 is 0 Å². The lowest BCUT2D eigenvalue weighted by Crippen LogP contribution is -1.91. The lowest BCUT2D eigenvalue weighted by Gasteiger charge is -2.01. The minimum absolute atomic E-state index is 0.194. The first kappa shape index (κ1) is 9.98. The van der Waals surface area contributed by atoms with Crippen LogP contribution in [0, 0.1) is 13.0 Å². The summed E-state index contributed by atoms with van der Waals surface area (Å²) in [4.78, 5) is 0. The molecule has 0 amide bonds. The molecule has 0 heterocycles. The predicted octanol–water partition coefficient (Wildman–Crippen LogP) is 3.77. The quantitative estimate of drug-likeness (QED) is 0.385. The van der Waals surface area contributed by atoms with E-state index in [1.807, 2.05) is 22.6 Å². The second-order valence-corrected chi connectivity index (χ2v) is 4.67. The fourth-order valence-electron chi connectivity index (χ4n) is 0.707. The largest absolute Gasteiger partial charge is 0.205 e. The minimum atomic E-state index is -0.194. The van der Waals surface area contributed by atoms with E-state index in [2.05, 4.69) is 22.6 Å². The van der Waals surface area contributed by atoms with Crippen LogP contribution in [0.4, 0.5) is 4.39 Å². The fraction of sp³-hybridized carbons (Fsp3) is 0.143. The standard InChI is InChI=1S/C7H4ClFI2/c8-3-4-1-5(10)2-6(11)7(4)9/h1-2H,3H2. The number of hydrogen-bond acceptors (Lipinski definition) is 0. The molecule has 1 aromatic rings. The highest BCUT2D eigenvalue weighted by atomic mass is 127. The van der Waals surface area contributed by atoms with E-state index in [1.54, 1.807) is 12.1 Å².